The summed E-state index contributed by atoms with van der Waals surface area (Å²) in [7, 11) is 1.56. The average molecular weight is 359 g/mol. The highest BCUT2D eigenvalue weighted by atomic mass is 32.1. The molecule has 3 amide bonds. The maximum Gasteiger partial charge on any atom is 0.262 e. The molecular weight excluding hydrogens is 338 g/mol. The minimum absolute atomic E-state index is 0.0749. The third kappa shape index (κ3) is 4.90. The third-order valence-corrected chi connectivity index (χ3v) is 4.49. The summed E-state index contributed by atoms with van der Waals surface area (Å²) in [6.07, 6.45) is 0. The van der Waals surface area contributed by atoms with Gasteiger partial charge in [0, 0.05) is 18.3 Å². The van der Waals surface area contributed by atoms with Crippen LogP contribution < -0.4 is 16.0 Å². The van der Waals surface area contributed by atoms with Crippen LogP contribution in [0.1, 0.15) is 33.9 Å². The van der Waals surface area contributed by atoms with E-state index in [1.807, 2.05) is 19.2 Å². The van der Waals surface area contributed by atoms with Crippen LogP contribution in [-0.4, -0.2) is 30.8 Å². The van der Waals surface area contributed by atoms with E-state index in [0.29, 0.717) is 16.1 Å². The van der Waals surface area contributed by atoms with Crippen LogP contribution in [0.15, 0.2) is 41.8 Å². The zero-order chi connectivity index (χ0) is 18.4. The van der Waals surface area contributed by atoms with Crippen molar-refractivity contribution in [1.29, 1.82) is 0 Å². The first kappa shape index (κ1) is 18.7. The molecule has 1 atom stereocenters. The summed E-state index contributed by atoms with van der Waals surface area (Å²) < 4.78 is 0. The quantitative estimate of drug-likeness (QED) is 0.740. The molecule has 132 valence electrons. The molecule has 0 fully saturated rings. The van der Waals surface area contributed by atoms with E-state index >= 15 is 0 Å². The predicted molar refractivity (Wildman–Crippen MR) is 98.9 cm³/mol. The molecule has 6 nitrogen and oxygen atoms in total. The fourth-order valence-corrected chi connectivity index (χ4v) is 2.85. The van der Waals surface area contributed by atoms with Gasteiger partial charge in [-0.25, -0.2) is 0 Å². The first-order chi connectivity index (χ1) is 11.9. The van der Waals surface area contributed by atoms with E-state index in [9.17, 15) is 14.4 Å². The van der Waals surface area contributed by atoms with Gasteiger partial charge in [-0.3, -0.25) is 14.4 Å². The van der Waals surface area contributed by atoms with E-state index in [1.54, 1.807) is 43.4 Å². The van der Waals surface area contributed by atoms with Crippen molar-refractivity contribution >= 4 is 34.7 Å². The highest BCUT2D eigenvalue weighted by Crippen LogP contribution is 2.14. The number of anilines is 1. The molecular formula is C18H21N3O3S. The molecule has 1 heterocycles. The molecule has 0 bridgehead atoms. The normalized spacial score (nSPS) is 11.7. The van der Waals surface area contributed by atoms with Crippen molar-refractivity contribution in [3.05, 3.63) is 52.2 Å². The molecule has 2 aromatic rings. The lowest BCUT2D eigenvalue weighted by Gasteiger charge is -2.21. The number of carbonyl (C=O) groups is 3. The van der Waals surface area contributed by atoms with Crippen LogP contribution in [0.4, 0.5) is 5.69 Å². The van der Waals surface area contributed by atoms with Gasteiger partial charge in [-0.05, 0) is 41.6 Å². The summed E-state index contributed by atoms with van der Waals surface area (Å²) in [6.45, 7) is 3.74. The van der Waals surface area contributed by atoms with Gasteiger partial charge in [-0.15, -0.1) is 11.3 Å². The average Bonchev–Trinajstić information content (AvgIpc) is 3.13. The van der Waals surface area contributed by atoms with Crippen molar-refractivity contribution in [3.63, 3.8) is 0 Å². The summed E-state index contributed by atoms with van der Waals surface area (Å²) in [4.78, 5) is 36.8. The van der Waals surface area contributed by atoms with Crippen LogP contribution in [0.2, 0.25) is 0 Å². The minimum atomic E-state index is -0.659. The monoisotopic (exact) mass is 359 g/mol. The van der Waals surface area contributed by atoms with Crippen LogP contribution in [0.5, 0.6) is 0 Å². The molecule has 0 saturated carbocycles. The van der Waals surface area contributed by atoms with Gasteiger partial charge in [0.05, 0.1) is 4.88 Å². The van der Waals surface area contributed by atoms with Crippen molar-refractivity contribution in [2.24, 2.45) is 5.92 Å². The van der Waals surface area contributed by atoms with Crippen molar-refractivity contribution in [2.75, 3.05) is 12.4 Å². The SMILES string of the molecule is CNC(=O)c1ccc(NC(=O)C(NC(=O)c2cccs2)C(C)C)cc1. The lowest BCUT2D eigenvalue weighted by Crippen LogP contribution is -2.46. The third-order valence-electron chi connectivity index (χ3n) is 3.62. The molecule has 3 N–H and O–H groups in total. The van der Waals surface area contributed by atoms with Crippen molar-refractivity contribution in [1.82, 2.24) is 10.6 Å². The minimum Gasteiger partial charge on any atom is -0.355 e. The Morgan fingerprint density at radius 2 is 1.68 bits per heavy atom. The second-order valence-corrected chi connectivity index (χ2v) is 6.77. The van der Waals surface area contributed by atoms with Gasteiger partial charge in [0.2, 0.25) is 5.91 Å². The standard InChI is InChI=1S/C18H21N3O3S/c1-11(2)15(21-17(23)14-5-4-10-25-14)18(24)20-13-8-6-12(7-9-13)16(22)19-3/h4-11,15H,1-3H3,(H,19,22)(H,20,24)(H,21,23). The zero-order valence-electron chi connectivity index (χ0n) is 14.3. The summed E-state index contributed by atoms with van der Waals surface area (Å²) >= 11 is 1.33. The van der Waals surface area contributed by atoms with Gasteiger partial charge >= 0.3 is 0 Å². The number of hydrogen-bond donors (Lipinski definition) is 3. The number of hydrogen-bond acceptors (Lipinski definition) is 4. The first-order valence-corrected chi connectivity index (χ1v) is 8.77. The Bertz CT molecular complexity index is 739. The van der Waals surface area contributed by atoms with Crippen molar-refractivity contribution < 1.29 is 14.4 Å². The van der Waals surface area contributed by atoms with Crippen LogP contribution in [0.3, 0.4) is 0 Å². The zero-order valence-corrected chi connectivity index (χ0v) is 15.1. The Kier molecular flexibility index (Phi) is 6.30. The maximum absolute atomic E-state index is 12.5. The molecule has 1 aromatic carbocycles. The fraction of sp³-hybridized carbons (Fsp3) is 0.278. The second-order valence-electron chi connectivity index (χ2n) is 5.82. The maximum atomic E-state index is 12.5. The number of amides is 3. The van der Waals surface area contributed by atoms with Gasteiger partial charge in [0.25, 0.3) is 11.8 Å². The molecule has 0 saturated heterocycles. The van der Waals surface area contributed by atoms with Crippen molar-refractivity contribution in [3.8, 4) is 0 Å². The van der Waals surface area contributed by atoms with Gasteiger partial charge in [-0.2, -0.15) is 0 Å². The predicted octanol–water partition coefficient (Wildman–Crippen LogP) is 2.50. The van der Waals surface area contributed by atoms with Crippen LogP contribution in [0, 0.1) is 5.92 Å². The summed E-state index contributed by atoms with van der Waals surface area (Å²) in [5, 5.41) is 9.90. The van der Waals surface area contributed by atoms with Crippen LogP contribution in [0.25, 0.3) is 0 Å². The fourth-order valence-electron chi connectivity index (χ4n) is 2.22. The lowest BCUT2D eigenvalue weighted by atomic mass is 10.0. The Morgan fingerprint density at radius 3 is 2.20 bits per heavy atom. The molecule has 0 aliphatic heterocycles. The molecule has 1 aromatic heterocycles. The number of benzene rings is 1. The van der Waals surface area contributed by atoms with Crippen LogP contribution in [-0.2, 0) is 4.79 Å². The number of carbonyl (C=O) groups excluding carboxylic acids is 3. The largest absolute Gasteiger partial charge is 0.355 e. The summed E-state index contributed by atoms with van der Waals surface area (Å²) in [6, 6.07) is 9.41. The van der Waals surface area contributed by atoms with Crippen molar-refractivity contribution in [2.45, 2.75) is 19.9 Å². The van der Waals surface area contributed by atoms with E-state index in [2.05, 4.69) is 16.0 Å². The molecule has 7 heteroatoms. The molecule has 0 aliphatic carbocycles. The van der Waals surface area contributed by atoms with Gasteiger partial charge in [-0.1, -0.05) is 19.9 Å². The summed E-state index contributed by atoms with van der Waals surface area (Å²) in [5.41, 5.74) is 1.07. The molecule has 2 rings (SSSR count). The Labute approximate surface area is 150 Å². The molecule has 0 radical (unpaired) electrons. The highest BCUT2D eigenvalue weighted by molar-refractivity contribution is 7.12. The van der Waals surface area contributed by atoms with Gasteiger partial charge < -0.3 is 16.0 Å². The van der Waals surface area contributed by atoms with Gasteiger partial charge in [0.15, 0.2) is 0 Å². The lowest BCUT2D eigenvalue weighted by molar-refractivity contribution is -0.118. The van der Waals surface area contributed by atoms with E-state index in [4.69, 9.17) is 0 Å². The summed E-state index contributed by atoms with van der Waals surface area (Å²) in [5.74, 6) is -0.832. The topological polar surface area (TPSA) is 87.3 Å². The number of nitrogens with one attached hydrogen (secondary N) is 3. The second kappa shape index (κ2) is 8.43. The van der Waals surface area contributed by atoms with E-state index in [0.717, 1.165) is 0 Å². The van der Waals surface area contributed by atoms with Gasteiger partial charge in [0.1, 0.15) is 6.04 Å². The Morgan fingerprint density at radius 1 is 1.00 bits per heavy atom. The first-order valence-electron chi connectivity index (χ1n) is 7.89. The highest BCUT2D eigenvalue weighted by Gasteiger charge is 2.25. The van der Waals surface area contributed by atoms with E-state index in [1.165, 1.54) is 11.3 Å². The van der Waals surface area contributed by atoms with Crippen LogP contribution >= 0.6 is 11.3 Å². The molecule has 0 spiro atoms. The molecule has 1 unspecified atom stereocenters. The number of rotatable bonds is 6. The Balaban J connectivity index is 2.05. The molecule has 25 heavy (non-hydrogen) atoms. The smallest absolute Gasteiger partial charge is 0.262 e. The van der Waals surface area contributed by atoms with E-state index < -0.39 is 6.04 Å². The van der Waals surface area contributed by atoms with E-state index in [-0.39, 0.29) is 23.6 Å². The Hall–Kier alpha value is -2.67. The number of thiophene rings is 1. The molecule has 0 aliphatic rings.